The zero-order valence-electron chi connectivity index (χ0n) is 19.1. The van der Waals surface area contributed by atoms with Crippen molar-refractivity contribution in [3.8, 4) is 0 Å². The zero-order chi connectivity index (χ0) is 22.7. The van der Waals surface area contributed by atoms with Crippen LogP contribution >= 0.6 is 0 Å². The van der Waals surface area contributed by atoms with Gasteiger partial charge in [0.1, 0.15) is 5.82 Å². The molecule has 1 aliphatic rings. The third-order valence-corrected chi connectivity index (χ3v) is 6.12. The van der Waals surface area contributed by atoms with Crippen LogP contribution in [0.3, 0.4) is 0 Å². The average Bonchev–Trinajstić information content (AvgIpc) is 2.78. The van der Waals surface area contributed by atoms with E-state index in [-0.39, 0.29) is 11.8 Å². The Hall–Kier alpha value is -3.19. The third-order valence-electron chi connectivity index (χ3n) is 6.12. The summed E-state index contributed by atoms with van der Waals surface area (Å²) in [6, 6.07) is 15.0. The molecule has 1 fully saturated rings. The van der Waals surface area contributed by atoms with E-state index in [0.717, 1.165) is 49.2 Å². The van der Waals surface area contributed by atoms with Crippen molar-refractivity contribution in [1.82, 2.24) is 14.9 Å². The van der Waals surface area contributed by atoms with Crippen LogP contribution in [0.5, 0.6) is 0 Å². The van der Waals surface area contributed by atoms with Crippen LogP contribution in [0, 0.1) is 12.8 Å². The summed E-state index contributed by atoms with van der Waals surface area (Å²) in [5, 5.41) is 4.53. The molecule has 3 N–H and O–H groups in total. The van der Waals surface area contributed by atoms with Crippen LogP contribution in [0.1, 0.15) is 29.5 Å². The molecule has 0 spiro atoms. The highest BCUT2D eigenvalue weighted by Crippen LogP contribution is 2.25. The lowest BCUT2D eigenvalue weighted by Crippen LogP contribution is -2.38. The van der Waals surface area contributed by atoms with E-state index in [9.17, 15) is 4.79 Å². The molecule has 7 heteroatoms. The van der Waals surface area contributed by atoms with E-state index >= 15 is 0 Å². The molecule has 0 atom stereocenters. The molecule has 0 unspecified atom stereocenters. The molecule has 1 aromatic heterocycles. The van der Waals surface area contributed by atoms with Crippen molar-refractivity contribution in [2.45, 2.75) is 32.9 Å². The fourth-order valence-electron chi connectivity index (χ4n) is 4.14. The quantitative estimate of drug-likeness (QED) is 0.596. The van der Waals surface area contributed by atoms with Gasteiger partial charge in [0.15, 0.2) is 0 Å². The van der Waals surface area contributed by atoms with Crippen LogP contribution in [0.25, 0.3) is 10.9 Å². The van der Waals surface area contributed by atoms with Crippen molar-refractivity contribution in [3.63, 3.8) is 0 Å². The minimum atomic E-state index is -0.161. The van der Waals surface area contributed by atoms with Crippen LogP contribution in [-0.4, -0.2) is 48.0 Å². The number of aromatic nitrogens is 2. The summed E-state index contributed by atoms with van der Waals surface area (Å²) < 4.78 is 0. The molecule has 2 heterocycles. The van der Waals surface area contributed by atoms with Gasteiger partial charge < -0.3 is 16.0 Å². The standard InChI is InChI=1S/C25H32N6O/c1-17-4-9-21-22(14-17)28-25(30(2)3)29-24(21)27-15-18-5-7-19(8-6-18)16-31-12-10-20(11-13-31)23(26)32/h4-9,14,20H,10-13,15-16H2,1-3H3,(H2,26,32)(H,27,28,29). The molecule has 168 valence electrons. The maximum atomic E-state index is 11.3. The molecule has 1 saturated heterocycles. The monoisotopic (exact) mass is 432 g/mol. The first-order valence-electron chi connectivity index (χ1n) is 11.2. The van der Waals surface area contributed by atoms with E-state index in [1.807, 2.05) is 19.0 Å². The van der Waals surface area contributed by atoms with Gasteiger partial charge in [-0.25, -0.2) is 4.98 Å². The van der Waals surface area contributed by atoms with Crippen molar-refractivity contribution in [3.05, 3.63) is 59.2 Å². The van der Waals surface area contributed by atoms with Crippen molar-refractivity contribution in [2.24, 2.45) is 11.7 Å². The van der Waals surface area contributed by atoms with Gasteiger partial charge in [0.2, 0.25) is 11.9 Å². The predicted octanol–water partition coefficient (Wildman–Crippen LogP) is 3.31. The number of hydrogen-bond acceptors (Lipinski definition) is 6. The summed E-state index contributed by atoms with van der Waals surface area (Å²) in [5.41, 5.74) is 10.0. The van der Waals surface area contributed by atoms with Crippen molar-refractivity contribution >= 4 is 28.6 Å². The number of nitrogens with zero attached hydrogens (tertiary/aromatic N) is 4. The molecule has 0 saturated carbocycles. The van der Waals surface area contributed by atoms with E-state index in [1.165, 1.54) is 16.7 Å². The summed E-state index contributed by atoms with van der Waals surface area (Å²) in [7, 11) is 3.91. The first kappa shape index (κ1) is 22.0. The molecular formula is C25H32N6O. The average molecular weight is 433 g/mol. The number of hydrogen-bond donors (Lipinski definition) is 2. The fraction of sp³-hybridized carbons (Fsp3) is 0.400. The molecule has 0 bridgehead atoms. The summed E-state index contributed by atoms with van der Waals surface area (Å²) in [6.07, 6.45) is 1.72. The van der Waals surface area contributed by atoms with Crippen molar-refractivity contribution in [2.75, 3.05) is 37.4 Å². The van der Waals surface area contributed by atoms with Crippen molar-refractivity contribution < 1.29 is 4.79 Å². The fourth-order valence-corrected chi connectivity index (χ4v) is 4.14. The second-order valence-electron chi connectivity index (χ2n) is 8.91. The lowest BCUT2D eigenvalue weighted by atomic mass is 9.96. The number of carbonyl (C=O) groups is 1. The number of piperidine rings is 1. The van der Waals surface area contributed by atoms with Gasteiger partial charge in [-0.05, 0) is 61.7 Å². The number of carbonyl (C=O) groups excluding carboxylic acids is 1. The second kappa shape index (κ2) is 9.53. The topological polar surface area (TPSA) is 87.4 Å². The summed E-state index contributed by atoms with van der Waals surface area (Å²) in [4.78, 5) is 25.1. The minimum Gasteiger partial charge on any atom is -0.369 e. The lowest BCUT2D eigenvalue weighted by Gasteiger charge is -2.30. The van der Waals surface area contributed by atoms with Gasteiger partial charge in [0.25, 0.3) is 0 Å². The SMILES string of the molecule is Cc1ccc2c(NCc3ccc(CN4CCC(C(N)=O)CC4)cc3)nc(N(C)C)nc2c1. The predicted molar refractivity (Wildman–Crippen MR) is 130 cm³/mol. The maximum Gasteiger partial charge on any atom is 0.227 e. The Balaban J connectivity index is 1.40. The van der Waals surface area contributed by atoms with Gasteiger partial charge in [-0.15, -0.1) is 0 Å². The van der Waals surface area contributed by atoms with Gasteiger partial charge in [0.05, 0.1) is 5.52 Å². The van der Waals surface area contributed by atoms with E-state index in [2.05, 4.69) is 64.6 Å². The summed E-state index contributed by atoms with van der Waals surface area (Å²) in [5.74, 6) is 1.42. The Morgan fingerprint density at radius 3 is 2.44 bits per heavy atom. The molecule has 3 aromatic rings. The van der Waals surface area contributed by atoms with Crippen LogP contribution in [0.15, 0.2) is 42.5 Å². The Kier molecular flexibility index (Phi) is 6.55. The Morgan fingerprint density at radius 2 is 1.78 bits per heavy atom. The number of fused-ring (bicyclic) bond motifs is 1. The molecule has 0 aliphatic carbocycles. The van der Waals surface area contributed by atoms with Gasteiger partial charge in [-0.2, -0.15) is 4.98 Å². The number of benzene rings is 2. The molecule has 1 amide bonds. The van der Waals surface area contributed by atoms with Crippen molar-refractivity contribution in [1.29, 1.82) is 0 Å². The molecular weight excluding hydrogens is 400 g/mol. The largest absolute Gasteiger partial charge is 0.369 e. The first-order chi connectivity index (χ1) is 15.4. The first-order valence-corrected chi connectivity index (χ1v) is 11.2. The third kappa shape index (κ3) is 5.16. The minimum absolute atomic E-state index is 0.0366. The lowest BCUT2D eigenvalue weighted by molar-refractivity contribution is -0.123. The number of primary amides is 1. The van der Waals surface area contributed by atoms with E-state index in [4.69, 9.17) is 10.7 Å². The van der Waals surface area contributed by atoms with E-state index in [1.54, 1.807) is 0 Å². The van der Waals surface area contributed by atoms with Gasteiger partial charge >= 0.3 is 0 Å². The van der Waals surface area contributed by atoms with Gasteiger partial charge in [0, 0.05) is 38.5 Å². The molecule has 0 radical (unpaired) electrons. The highest BCUT2D eigenvalue weighted by Gasteiger charge is 2.22. The second-order valence-corrected chi connectivity index (χ2v) is 8.91. The van der Waals surface area contributed by atoms with Crippen LogP contribution < -0.4 is 16.0 Å². The number of anilines is 2. The highest BCUT2D eigenvalue weighted by molar-refractivity contribution is 5.90. The number of amides is 1. The highest BCUT2D eigenvalue weighted by atomic mass is 16.1. The van der Waals surface area contributed by atoms with Crippen LogP contribution in [0.4, 0.5) is 11.8 Å². The number of likely N-dealkylation sites (tertiary alicyclic amines) is 1. The van der Waals surface area contributed by atoms with Gasteiger partial charge in [-0.3, -0.25) is 9.69 Å². The van der Waals surface area contributed by atoms with Crippen LogP contribution in [-0.2, 0) is 17.9 Å². The molecule has 2 aromatic carbocycles. The van der Waals surface area contributed by atoms with E-state index in [0.29, 0.717) is 12.5 Å². The molecule has 32 heavy (non-hydrogen) atoms. The molecule has 7 nitrogen and oxygen atoms in total. The van der Waals surface area contributed by atoms with Crippen LogP contribution in [0.2, 0.25) is 0 Å². The normalized spacial score (nSPS) is 15.1. The zero-order valence-corrected chi connectivity index (χ0v) is 19.1. The molecule has 4 rings (SSSR count). The number of aryl methyl sites for hydroxylation is 1. The summed E-state index contributed by atoms with van der Waals surface area (Å²) >= 11 is 0. The van der Waals surface area contributed by atoms with E-state index < -0.39 is 0 Å². The van der Waals surface area contributed by atoms with Gasteiger partial charge in [-0.1, -0.05) is 30.3 Å². The number of nitrogens with one attached hydrogen (secondary N) is 1. The molecule has 1 aliphatic heterocycles. The Labute approximate surface area is 189 Å². The maximum absolute atomic E-state index is 11.3. The summed E-state index contributed by atoms with van der Waals surface area (Å²) in [6.45, 7) is 5.51. The Morgan fingerprint density at radius 1 is 1.09 bits per heavy atom. The smallest absolute Gasteiger partial charge is 0.227 e. The Bertz CT molecular complexity index is 1090. The number of nitrogens with two attached hydrogens (primary N) is 1. The number of rotatable bonds is 7.